The second kappa shape index (κ2) is 4.49. The molecule has 3 aromatic heterocycles. The van der Waals surface area contributed by atoms with Gasteiger partial charge < -0.3 is 18.5 Å². The Kier molecular flexibility index (Phi) is 2.66. The van der Waals surface area contributed by atoms with Crippen molar-refractivity contribution in [2.24, 2.45) is 0 Å². The molecule has 0 bridgehead atoms. The summed E-state index contributed by atoms with van der Waals surface area (Å²) in [6.45, 7) is 5.70. The maximum absolute atomic E-state index is 11.1. The van der Waals surface area contributed by atoms with E-state index in [-0.39, 0.29) is 5.76 Å². The number of hydrogen-bond acceptors (Lipinski definition) is 5. The molecule has 23 heavy (non-hydrogen) atoms. The van der Waals surface area contributed by atoms with Gasteiger partial charge in [-0.1, -0.05) is 5.16 Å². The molecule has 4 rings (SSSR count). The second-order valence-corrected chi connectivity index (χ2v) is 5.58. The topological polar surface area (TPSA) is 89.6 Å². The first-order chi connectivity index (χ1) is 11.0. The van der Waals surface area contributed by atoms with E-state index in [1.165, 1.54) is 6.07 Å². The predicted octanol–water partition coefficient (Wildman–Crippen LogP) is 4.46. The molecule has 0 aliphatic carbocycles. The van der Waals surface area contributed by atoms with E-state index in [2.05, 4.69) is 5.16 Å². The Balaban J connectivity index is 2.16. The first kappa shape index (κ1) is 13.6. The molecule has 0 saturated heterocycles. The molecule has 3 heterocycles. The summed E-state index contributed by atoms with van der Waals surface area (Å²) in [5, 5.41) is 14.7. The molecule has 6 nitrogen and oxygen atoms in total. The molecule has 1 N–H and O–H groups in total. The highest BCUT2D eigenvalue weighted by molar-refractivity contribution is 6.11. The molecule has 0 fully saturated rings. The van der Waals surface area contributed by atoms with Crippen LogP contribution in [0.25, 0.3) is 33.2 Å². The third-order valence-electron chi connectivity index (χ3n) is 3.93. The largest absolute Gasteiger partial charge is 0.475 e. The van der Waals surface area contributed by atoms with E-state index in [4.69, 9.17) is 18.5 Å². The summed E-state index contributed by atoms with van der Waals surface area (Å²) in [5.74, 6) is 0.138. The van der Waals surface area contributed by atoms with Crippen molar-refractivity contribution in [2.45, 2.75) is 20.8 Å². The lowest BCUT2D eigenvalue weighted by atomic mass is 10.00. The minimum absolute atomic E-state index is 0.217. The van der Waals surface area contributed by atoms with E-state index in [0.717, 1.165) is 33.4 Å². The second-order valence-electron chi connectivity index (χ2n) is 5.58. The summed E-state index contributed by atoms with van der Waals surface area (Å²) < 4.78 is 16.6. The molecule has 0 aliphatic rings. The van der Waals surface area contributed by atoms with Crippen LogP contribution in [-0.4, -0.2) is 16.2 Å². The third-order valence-corrected chi connectivity index (χ3v) is 3.93. The molecule has 0 saturated carbocycles. The Hall–Kier alpha value is -3.02. The van der Waals surface area contributed by atoms with Crippen LogP contribution in [0.3, 0.4) is 0 Å². The maximum atomic E-state index is 11.1. The van der Waals surface area contributed by atoms with Gasteiger partial charge in [0.2, 0.25) is 5.76 Å². The van der Waals surface area contributed by atoms with Crippen LogP contribution in [-0.2, 0) is 0 Å². The first-order valence-corrected chi connectivity index (χ1v) is 7.09. The first-order valence-electron chi connectivity index (χ1n) is 7.09. The molecule has 0 radical (unpaired) electrons. The van der Waals surface area contributed by atoms with Gasteiger partial charge in [0.15, 0.2) is 0 Å². The zero-order valence-corrected chi connectivity index (χ0v) is 12.8. The standard InChI is InChI=1S/C17H13NO5/c1-7-4-10-9(3)15-11(5-8(2)21-15)14(16(10)22-7)12-6-13(17(19)20)23-18-12/h4-6H,1-3H3,(H,19,20). The Morgan fingerprint density at radius 3 is 2.30 bits per heavy atom. The monoisotopic (exact) mass is 311 g/mol. The number of nitrogens with zero attached hydrogens (tertiary/aromatic N) is 1. The Morgan fingerprint density at radius 1 is 1.00 bits per heavy atom. The molecule has 0 unspecified atom stereocenters. The number of carboxylic acids is 1. The van der Waals surface area contributed by atoms with Gasteiger partial charge in [0.25, 0.3) is 0 Å². The summed E-state index contributed by atoms with van der Waals surface area (Å²) in [5.41, 5.74) is 3.46. The fourth-order valence-electron chi connectivity index (χ4n) is 2.95. The number of fused-ring (bicyclic) bond motifs is 2. The summed E-state index contributed by atoms with van der Waals surface area (Å²) in [6.07, 6.45) is 0. The van der Waals surface area contributed by atoms with Crippen LogP contribution in [0.1, 0.15) is 27.6 Å². The van der Waals surface area contributed by atoms with Crippen LogP contribution in [0.4, 0.5) is 0 Å². The fraction of sp³-hybridized carbons (Fsp3) is 0.176. The van der Waals surface area contributed by atoms with Crippen LogP contribution >= 0.6 is 0 Å². The number of rotatable bonds is 2. The molecule has 4 aromatic rings. The number of aromatic carboxylic acids is 1. The van der Waals surface area contributed by atoms with Crippen molar-refractivity contribution in [2.75, 3.05) is 0 Å². The number of aromatic nitrogens is 1. The normalized spacial score (nSPS) is 11.6. The molecular weight excluding hydrogens is 298 g/mol. The van der Waals surface area contributed by atoms with Gasteiger partial charge in [-0.05, 0) is 32.9 Å². The number of hydrogen-bond donors (Lipinski definition) is 1. The van der Waals surface area contributed by atoms with Crippen molar-refractivity contribution in [3.05, 3.63) is 41.0 Å². The number of carboxylic acid groups (broad SMARTS) is 1. The van der Waals surface area contributed by atoms with Crippen molar-refractivity contribution in [3.63, 3.8) is 0 Å². The minimum atomic E-state index is -1.16. The molecule has 1 aromatic carbocycles. The van der Waals surface area contributed by atoms with Gasteiger partial charge in [-0.3, -0.25) is 0 Å². The van der Waals surface area contributed by atoms with E-state index in [9.17, 15) is 4.79 Å². The molecule has 6 heteroatoms. The van der Waals surface area contributed by atoms with Crippen molar-refractivity contribution >= 4 is 27.9 Å². The Morgan fingerprint density at radius 2 is 1.65 bits per heavy atom. The van der Waals surface area contributed by atoms with Crippen molar-refractivity contribution in [1.29, 1.82) is 0 Å². The highest BCUT2D eigenvalue weighted by Crippen LogP contribution is 2.41. The van der Waals surface area contributed by atoms with Gasteiger partial charge >= 0.3 is 5.97 Å². The molecule has 0 aliphatic heterocycles. The molecule has 0 amide bonds. The average Bonchev–Trinajstić information content (AvgIpc) is 3.17. The maximum Gasteiger partial charge on any atom is 0.374 e. The van der Waals surface area contributed by atoms with Crippen LogP contribution in [0, 0.1) is 20.8 Å². The number of aryl methyl sites for hydroxylation is 3. The smallest absolute Gasteiger partial charge is 0.374 e. The SMILES string of the molecule is Cc1cc2c(-c3cc(C(=O)O)on3)c3oc(C)cc3c(C)c2o1. The Labute approximate surface area is 130 Å². The summed E-state index contributed by atoms with van der Waals surface area (Å²) >= 11 is 0. The van der Waals surface area contributed by atoms with Crippen LogP contribution in [0.2, 0.25) is 0 Å². The van der Waals surface area contributed by atoms with E-state index < -0.39 is 5.97 Å². The fourth-order valence-corrected chi connectivity index (χ4v) is 2.95. The number of benzene rings is 1. The van der Waals surface area contributed by atoms with Crippen molar-refractivity contribution in [3.8, 4) is 11.3 Å². The lowest BCUT2D eigenvalue weighted by molar-refractivity contribution is 0.0652. The van der Waals surface area contributed by atoms with Gasteiger partial charge in [0.05, 0.1) is 5.56 Å². The van der Waals surface area contributed by atoms with Gasteiger partial charge in [-0.25, -0.2) is 4.79 Å². The zero-order chi connectivity index (χ0) is 16.3. The molecule has 0 atom stereocenters. The summed E-state index contributed by atoms with van der Waals surface area (Å²) in [6, 6.07) is 5.22. The van der Waals surface area contributed by atoms with Crippen LogP contribution < -0.4 is 0 Å². The zero-order valence-electron chi connectivity index (χ0n) is 12.8. The highest BCUT2D eigenvalue weighted by atomic mass is 16.5. The highest BCUT2D eigenvalue weighted by Gasteiger charge is 2.23. The van der Waals surface area contributed by atoms with E-state index in [1.807, 2.05) is 32.9 Å². The van der Waals surface area contributed by atoms with E-state index in [1.54, 1.807) is 0 Å². The molecular formula is C17H13NO5. The number of furan rings is 2. The van der Waals surface area contributed by atoms with Gasteiger partial charge in [0, 0.05) is 22.4 Å². The quantitative estimate of drug-likeness (QED) is 0.588. The summed E-state index contributed by atoms with van der Waals surface area (Å²) in [7, 11) is 0. The lowest BCUT2D eigenvalue weighted by Crippen LogP contribution is -1.91. The van der Waals surface area contributed by atoms with Gasteiger partial charge in [0.1, 0.15) is 28.4 Å². The minimum Gasteiger partial charge on any atom is -0.475 e. The predicted molar refractivity (Wildman–Crippen MR) is 82.7 cm³/mol. The van der Waals surface area contributed by atoms with Gasteiger partial charge in [-0.15, -0.1) is 0 Å². The average molecular weight is 311 g/mol. The van der Waals surface area contributed by atoms with Gasteiger partial charge in [-0.2, -0.15) is 0 Å². The van der Waals surface area contributed by atoms with Crippen LogP contribution in [0.5, 0.6) is 0 Å². The van der Waals surface area contributed by atoms with Crippen LogP contribution in [0.15, 0.2) is 31.6 Å². The molecule has 0 spiro atoms. The Bertz CT molecular complexity index is 1020. The van der Waals surface area contributed by atoms with Crippen molar-refractivity contribution < 1.29 is 23.3 Å². The van der Waals surface area contributed by atoms with E-state index in [0.29, 0.717) is 16.8 Å². The lowest BCUT2D eigenvalue weighted by Gasteiger charge is -2.03. The third kappa shape index (κ3) is 1.88. The summed E-state index contributed by atoms with van der Waals surface area (Å²) in [4.78, 5) is 11.1. The molecule has 116 valence electrons. The van der Waals surface area contributed by atoms with E-state index >= 15 is 0 Å². The number of carbonyl (C=O) groups is 1. The van der Waals surface area contributed by atoms with Crippen molar-refractivity contribution in [1.82, 2.24) is 5.16 Å².